The number of aromatic nitrogens is 4. The molecule has 1 aromatic carbocycles. The summed E-state index contributed by atoms with van der Waals surface area (Å²) < 4.78 is 5.53. The molecule has 1 fully saturated rings. The number of primary amides is 1. The molecule has 5 rings (SSSR count). The van der Waals surface area contributed by atoms with E-state index in [1.54, 1.807) is 17.0 Å². The van der Waals surface area contributed by atoms with Crippen molar-refractivity contribution in [1.82, 2.24) is 24.8 Å². The van der Waals surface area contributed by atoms with Crippen molar-refractivity contribution in [3.8, 4) is 11.4 Å². The van der Waals surface area contributed by atoms with Crippen LogP contribution in [0.4, 0.5) is 16.3 Å². The Kier molecular flexibility index (Phi) is 6.43. The van der Waals surface area contributed by atoms with Gasteiger partial charge >= 0.3 is 6.03 Å². The smallest absolute Gasteiger partial charge is 0.316 e. The summed E-state index contributed by atoms with van der Waals surface area (Å²) in [6.07, 6.45) is 3.50. The zero-order valence-corrected chi connectivity index (χ0v) is 19.5. The topological polar surface area (TPSA) is 139 Å². The zero-order chi connectivity index (χ0) is 24.4. The normalized spacial score (nSPS) is 15.5. The van der Waals surface area contributed by atoms with Crippen LogP contribution in [-0.2, 0) is 17.7 Å². The number of anilines is 2. The number of nitrogens with one attached hydrogen (secondary N) is 1. The maximum atomic E-state index is 13.1. The van der Waals surface area contributed by atoms with Gasteiger partial charge in [0.25, 0.3) is 5.91 Å². The van der Waals surface area contributed by atoms with Gasteiger partial charge in [0.15, 0.2) is 16.7 Å². The van der Waals surface area contributed by atoms with Crippen LogP contribution in [0.5, 0.6) is 0 Å². The number of fused-ring (bicyclic) bond motifs is 1. The Balaban J connectivity index is 1.50. The van der Waals surface area contributed by atoms with Gasteiger partial charge in [0.2, 0.25) is 0 Å². The maximum absolute atomic E-state index is 13.1. The van der Waals surface area contributed by atoms with Gasteiger partial charge in [-0.05, 0) is 30.7 Å². The molecular weight excluding hydrogens is 472 g/mol. The Morgan fingerprint density at radius 2 is 1.77 bits per heavy atom. The van der Waals surface area contributed by atoms with Crippen molar-refractivity contribution in [2.24, 2.45) is 5.73 Å². The van der Waals surface area contributed by atoms with Crippen molar-refractivity contribution in [2.45, 2.75) is 13.0 Å². The number of hydrogen-bond donors (Lipinski definition) is 2. The maximum Gasteiger partial charge on any atom is 0.316 e. The average Bonchev–Trinajstić information content (AvgIpc) is 2.88. The van der Waals surface area contributed by atoms with Crippen molar-refractivity contribution >= 4 is 35.0 Å². The van der Waals surface area contributed by atoms with Crippen molar-refractivity contribution in [3.05, 3.63) is 58.8 Å². The highest BCUT2D eigenvalue weighted by atomic mass is 35.5. The summed E-state index contributed by atoms with van der Waals surface area (Å²) in [6.45, 7) is 3.49. The fourth-order valence-corrected chi connectivity index (χ4v) is 4.39. The van der Waals surface area contributed by atoms with Gasteiger partial charge in [0.05, 0.1) is 25.5 Å². The molecule has 2 aromatic heterocycles. The van der Waals surface area contributed by atoms with Gasteiger partial charge < -0.3 is 25.6 Å². The van der Waals surface area contributed by atoms with Crippen LogP contribution in [0.25, 0.3) is 11.4 Å². The molecule has 0 aliphatic carbocycles. The van der Waals surface area contributed by atoms with Gasteiger partial charge in [-0.25, -0.2) is 24.7 Å². The van der Waals surface area contributed by atoms with Crippen LogP contribution in [0.2, 0.25) is 5.15 Å². The van der Waals surface area contributed by atoms with E-state index in [0.29, 0.717) is 44.2 Å². The summed E-state index contributed by atoms with van der Waals surface area (Å²) in [5.41, 5.74) is 8.47. The molecule has 1 saturated heterocycles. The van der Waals surface area contributed by atoms with E-state index in [0.717, 1.165) is 35.7 Å². The number of carbonyl (C=O) groups excluding carboxylic acids is 2. The fourth-order valence-electron chi connectivity index (χ4n) is 4.21. The van der Waals surface area contributed by atoms with Crippen molar-refractivity contribution in [3.63, 3.8) is 0 Å². The fraction of sp³-hybridized carbons (Fsp3) is 0.304. The number of carbonyl (C=O) groups is 2. The van der Waals surface area contributed by atoms with E-state index in [4.69, 9.17) is 32.0 Å². The summed E-state index contributed by atoms with van der Waals surface area (Å²) in [6, 6.07) is 6.49. The number of rotatable bonds is 4. The minimum absolute atomic E-state index is 0.0744. The Morgan fingerprint density at radius 1 is 1.03 bits per heavy atom. The molecule has 2 aliphatic heterocycles. The summed E-state index contributed by atoms with van der Waals surface area (Å²) in [7, 11) is 0. The summed E-state index contributed by atoms with van der Waals surface area (Å²) in [5, 5.41) is 2.62. The third kappa shape index (κ3) is 4.86. The molecule has 0 bridgehead atoms. The Hall–Kier alpha value is -3.83. The Bertz CT molecular complexity index is 1260. The monoisotopic (exact) mass is 494 g/mol. The van der Waals surface area contributed by atoms with Gasteiger partial charge in [-0.3, -0.25) is 4.79 Å². The van der Waals surface area contributed by atoms with Crippen LogP contribution in [0.15, 0.2) is 36.7 Å². The summed E-state index contributed by atoms with van der Waals surface area (Å²) in [5.74, 6) is 1.10. The van der Waals surface area contributed by atoms with E-state index in [1.807, 2.05) is 12.1 Å². The van der Waals surface area contributed by atoms with Gasteiger partial charge in [0, 0.05) is 48.8 Å². The second kappa shape index (κ2) is 9.80. The lowest BCUT2D eigenvalue weighted by Crippen LogP contribution is -2.41. The number of morpholine rings is 1. The summed E-state index contributed by atoms with van der Waals surface area (Å²) in [4.78, 5) is 46.0. The number of nitrogens with two attached hydrogens (primary N) is 1. The molecule has 12 heteroatoms. The minimum atomic E-state index is -0.634. The van der Waals surface area contributed by atoms with Gasteiger partial charge in [0.1, 0.15) is 5.82 Å². The highest BCUT2D eigenvalue weighted by Crippen LogP contribution is 2.31. The third-order valence-corrected chi connectivity index (χ3v) is 6.18. The van der Waals surface area contributed by atoms with E-state index in [2.05, 4.69) is 20.2 Å². The van der Waals surface area contributed by atoms with Crippen molar-refractivity contribution in [2.75, 3.05) is 43.1 Å². The molecule has 11 nitrogen and oxygen atoms in total. The van der Waals surface area contributed by atoms with Crippen LogP contribution < -0.4 is 16.0 Å². The third-order valence-electron chi connectivity index (χ3n) is 5.91. The van der Waals surface area contributed by atoms with E-state index in [-0.39, 0.29) is 16.8 Å². The lowest BCUT2D eigenvalue weighted by atomic mass is 10.0. The number of urea groups is 1. The van der Waals surface area contributed by atoms with Gasteiger partial charge in [-0.15, -0.1) is 0 Å². The van der Waals surface area contributed by atoms with Crippen LogP contribution in [0.1, 0.15) is 21.7 Å². The lowest BCUT2D eigenvalue weighted by Gasteiger charge is -2.34. The first-order valence-corrected chi connectivity index (χ1v) is 11.5. The predicted molar refractivity (Wildman–Crippen MR) is 129 cm³/mol. The number of halogens is 1. The summed E-state index contributed by atoms with van der Waals surface area (Å²) >= 11 is 6.12. The molecule has 3 amide bonds. The number of hydrogen-bond acceptors (Lipinski definition) is 8. The number of ether oxygens (including phenoxy) is 1. The van der Waals surface area contributed by atoms with Gasteiger partial charge in [-0.1, -0.05) is 11.6 Å². The highest BCUT2D eigenvalue weighted by molar-refractivity contribution is 6.32. The molecule has 35 heavy (non-hydrogen) atoms. The Labute approximate surface area is 206 Å². The van der Waals surface area contributed by atoms with Crippen LogP contribution in [0.3, 0.4) is 0 Å². The van der Waals surface area contributed by atoms with Crippen molar-refractivity contribution in [1.29, 1.82) is 0 Å². The van der Waals surface area contributed by atoms with Crippen molar-refractivity contribution < 1.29 is 14.3 Å². The van der Waals surface area contributed by atoms with Crippen LogP contribution in [-0.4, -0.2) is 69.6 Å². The molecule has 0 spiro atoms. The molecule has 2 aliphatic rings. The molecule has 0 saturated carbocycles. The quantitative estimate of drug-likeness (QED) is 0.562. The minimum Gasteiger partial charge on any atom is -0.378 e. The Morgan fingerprint density at radius 3 is 2.49 bits per heavy atom. The average molecular weight is 495 g/mol. The van der Waals surface area contributed by atoms with Gasteiger partial charge in [-0.2, -0.15) is 0 Å². The van der Waals surface area contributed by atoms with Crippen LogP contribution in [0, 0.1) is 0 Å². The van der Waals surface area contributed by atoms with E-state index >= 15 is 0 Å². The molecule has 180 valence electrons. The van der Waals surface area contributed by atoms with E-state index < -0.39 is 6.03 Å². The molecular formula is C23H23ClN8O3. The lowest BCUT2D eigenvalue weighted by molar-refractivity contribution is 0.0725. The van der Waals surface area contributed by atoms with E-state index in [1.165, 1.54) is 12.4 Å². The molecule has 0 radical (unpaired) electrons. The highest BCUT2D eigenvalue weighted by Gasteiger charge is 2.30. The predicted octanol–water partition coefficient (Wildman–Crippen LogP) is 2.11. The molecule has 4 heterocycles. The first kappa shape index (κ1) is 22.9. The standard InChI is InChI=1S/C23H23ClN8O3/c24-19-18(26-6-7-27-19)22(33)32-8-5-16-17(13-32)29-20(30-21(16)31-9-11-35-12-10-31)14-1-3-15(4-2-14)28-23(25)34/h1-4,6-7H,5,8-13H2,(H3,25,28,34). The first-order chi connectivity index (χ1) is 17.0. The molecule has 3 N–H and O–H groups in total. The molecule has 0 atom stereocenters. The second-order valence-electron chi connectivity index (χ2n) is 8.13. The van der Waals surface area contributed by atoms with E-state index in [9.17, 15) is 9.59 Å². The molecule has 3 aromatic rings. The van der Waals surface area contributed by atoms with Crippen LogP contribution >= 0.6 is 11.6 Å². The first-order valence-electron chi connectivity index (χ1n) is 11.1. The largest absolute Gasteiger partial charge is 0.378 e. The molecule has 0 unspecified atom stereocenters. The number of nitrogens with zero attached hydrogens (tertiary/aromatic N) is 6. The zero-order valence-electron chi connectivity index (χ0n) is 18.8. The number of benzene rings is 1. The SMILES string of the molecule is NC(=O)Nc1ccc(-c2nc3c(c(N4CCOCC4)n2)CCN(C(=O)c2nccnc2Cl)C3)cc1. The number of amides is 3. The second-order valence-corrected chi connectivity index (χ2v) is 8.49.